The molecule has 0 saturated carbocycles. The van der Waals surface area contributed by atoms with Gasteiger partial charge < -0.3 is 15.9 Å². The molecule has 0 amide bonds. The van der Waals surface area contributed by atoms with Crippen LogP contribution in [0, 0.1) is 6.92 Å². The summed E-state index contributed by atoms with van der Waals surface area (Å²) in [6.07, 6.45) is 0. The van der Waals surface area contributed by atoms with Crippen molar-refractivity contribution in [2.45, 2.75) is 13.0 Å². The van der Waals surface area contributed by atoms with E-state index < -0.39 is 12.0 Å². The Kier molecular flexibility index (Phi) is 5.57. The summed E-state index contributed by atoms with van der Waals surface area (Å²) < 4.78 is 0. The van der Waals surface area contributed by atoms with E-state index in [1.54, 1.807) is 0 Å². The van der Waals surface area contributed by atoms with Crippen LogP contribution in [-0.4, -0.2) is 16.2 Å². The van der Waals surface area contributed by atoms with Gasteiger partial charge in [-0.25, -0.2) is 0 Å². The molecular formula is C15H17NO3. The van der Waals surface area contributed by atoms with Crippen LogP contribution in [-0.2, 0) is 4.79 Å². The molecule has 0 heterocycles. The molecule has 0 aliphatic heterocycles. The van der Waals surface area contributed by atoms with E-state index in [9.17, 15) is 4.79 Å². The van der Waals surface area contributed by atoms with Gasteiger partial charge in [0.05, 0.1) is 0 Å². The van der Waals surface area contributed by atoms with Gasteiger partial charge in [0, 0.05) is 0 Å². The number of hydrogen-bond donors (Lipinski definition) is 3. The van der Waals surface area contributed by atoms with Crippen molar-refractivity contribution in [1.82, 2.24) is 0 Å². The smallest absolute Gasteiger partial charge is 0.325 e. The highest BCUT2D eigenvalue weighted by Crippen LogP contribution is 2.14. The molecule has 0 spiro atoms. The summed E-state index contributed by atoms with van der Waals surface area (Å²) in [6.45, 7) is 2.08. The van der Waals surface area contributed by atoms with Crippen LogP contribution in [0.2, 0.25) is 0 Å². The molecule has 2 aromatic rings. The first-order valence-corrected chi connectivity index (χ1v) is 5.79. The number of aromatic hydroxyl groups is 1. The number of phenolic OH excluding ortho intramolecular Hbond substituents is 1. The number of aryl methyl sites for hydroxylation is 1. The minimum Gasteiger partial charge on any atom is -0.508 e. The standard InChI is InChI=1S/C8H9NO3.C7H8/c9-7(8(11)12)5-1-3-6(10)4-2-5;1-7-5-3-2-4-6-7/h1-4,7,10H,9H2,(H,11,12);2-6H,1H3. The number of hydrogen-bond acceptors (Lipinski definition) is 3. The van der Waals surface area contributed by atoms with Crippen molar-refractivity contribution in [2.24, 2.45) is 5.73 Å². The molecule has 0 aliphatic carbocycles. The number of carbonyl (C=O) groups is 1. The quantitative estimate of drug-likeness (QED) is 0.773. The topological polar surface area (TPSA) is 83.6 Å². The number of nitrogens with two attached hydrogens (primary N) is 1. The highest BCUT2D eigenvalue weighted by Gasteiger charge is 2.13. The molecule has 4 N–H and O–H groups in total. The maximum Gasteiger partial charge on any atom is 0.325 e. The van der Waals surface area contributed by atoms with Gasteiger partial charge in [0.25, 0.3) is 0 Å². The maximum atomic E-state index is 10.4. The van der Waals surface area contributed by atoms with Gasteiger partial charge in [-0.2, -0.15) is 0 Å². The van der Waals surface area contributed by atoms with Gasteiger partial charge in [-0.3, -0.25) is 4.79 Å². The molecule has 0 saturated heterocycles. The normalized spacial score (nSPS) is 11.1. The summed E-state index contributed by atoms with van der Waals surface area (Å²) >= 11 is 0. The van der Waals surface area contributed by atoms with E-state index in [0.29, 0.717) is 5.56 Å². The van der Waals surface area contributed by atoms with E-state index in [1.165, 1.54) is 29.8 Å². The molecule has 4 heteroatoms. The summed E-state index contributed by atoms with van der Waals surface area (Å²) in [4.78, 5) is 10.4. The van der Waals surface area contributed by atoms with Crippen molar-refractivity contribution in [1.29, 1.82) is 0 Å². The summed E-state index contributed by atoms with van der Waals surface area (Å²) in [5.74, 6) is -0.989. The van der Waals surface area contributed by atoms with E-state index >= 15 is 0 Å². The fourth-order valence-electron chi connectivity index (χ4n) is 1.36. The lowest BCUT2D eigenvalue weighted by molar-refractivity contribution is -0.138. The van der Waals surface area contributed by atoms with Crippen LogP contribution in [0.1, 0.15) is 17.2 Å². The van der Waals surface area contributed by atoms with Crippen molar-refractivity contribution in [2.75, 3.05) is 0 Å². The Morgan fingerprint density at radius 1 is 1.05 bits per heavy atom. The molecule has 1 unspecified atom stereocenters. The molecule has 0 bridgehead atoms. The highest BCUT2D eigenvalue weighted by atomic mass is 16.4. The number of carboxylic acids is 1. The SMILES string of the molecule is Cc1ccccc1.NC(C(=O)O)c1ccc(O)cc1. The van der Waals surface area contributed by atoms with Gasteiger partial charge in [-0.15, -0.1) is 0 Å². The molecule has 4 nitrogen and oxygen atoms in total. The molecule has 100 valence electrons. The second kappa shape index (κ2) is 7.18. The molecule has 0 radical (unpaired) electrons. The second-order valence-electron chi connectivity index (χ2n) is 4.06. The van der Waals surface area contributed by atoms with Crippen LogP contribution in [0.3, 0.4) is 0 Å². The van der Waals surface area contributed by atoms with Crippen molar-refractivity contribution >= 4 is 5.97 Å². The predicted molar refractivity (Wildman–Crippen MR) is 73.9 cm³/mol. The molecule has 2 aromatic carbocycles. The third-order valence-electron chi connectivity index (χ3n) is 2.46. The zero-order valence-corrected chi connectivity index (χ0v) is 10.7. The number of rotatable bonds is 2. The zero-order valence-electron chi connectivity index (χ0n) is 10.7. The van der Waals surface area contributed by atoms with E-state index in [2.05, 4.69) is 19.1 Å². The monoisotopic (exact) mass is 259 g/mol. The maximum absolute atomic E-state index is 10.4. The van der Waals surface area contributed by atoms with Crippen molar-refractivity contribution in [3.8, 4) is 5.75 Å². The van der Waals surface area contributed by atoms with Crippen LogP contribution in [0.15, 0.2) is 54.6 Å². The van der Waals surface area contributed by atoms with Crippen LogP contribution >= 0.6 is 0 Å². The molecule has 2 rings (SSSR count). The molecule has 0 aliphatic rings. The van der Waals surface area contributed by atoms with Gasteiger partial charge in [0.2, 0.25) is 0 Å². The minimum absolute atomic E-state index is 0.0938. The molecule has 1 atom stereocenters. The molecular weight excluding hydrogens is 242 g/mol. The number of benzene rings is 2. The van der Waals surface area contributed by atoms with E-state index in [4.69, 9.17) is 15.9 Å². The van der Waals surface area contributed by atoms with Crippen molar-refractivity contribution in [3.63, 3.8) is 0 Å². The Morgan fingerprint density at radius 3 is 1.95 bits per heavy atom. The van der Waals surface area contributed by atoms with E-state index in [0.717, 1.165) is 0 Å². The van der Waals surface area contributed by atoms with Gasteiger partial charge >= 0.3 is 5.97 Å². The third-order valence-corrected chi connectivity index (χ3v) is 2.46. The Bertz CT molecular complexity index is 509. The number of phenols is 1. The summed E-state index contributed by atoms with van der Waals surface area (Å²) in [7, 11) is 0. The average molecular weight is 259 g/mol. The lowest BCUT2D eigenvalue weighted by Gasteiger charge is -2.05. The van der Waals surface area contributed by atoms with Gasteiger partial charge in [0.1, 0.15) is 11.8 Å². The fraction of sp³-hybridized carbons (Fsp3) is 0.133. The Labute approximate surface area is 112 Å². The minimum atomic E-state index is -1.08. The van der Waals surface area contributed by atoms with Gasteiger partial charge in [-0.1, -0.05) is 48.0 Å². The Hall–Kier alpha value is -2.33. The average Bonchev–Trinajstić information content (AvgIpc) is 2.40. The van der Waals surface area contributed by atoms with Crippen molar-refractivity contribution in [3.05, 3.63) is 65.7 Å². The first-order chi connectivity index (χ1) is 9.00. The molecule has 0 aromatic heterocycles. The number of aliphatic carboxylic acids is 1. The Balaban J connectivity index is 0.000000218. The van der Waals surface area contributed by atoms with Crippen LogP contribution in [0.4, 0.5) is 0 Å². The van der Waals surface area contributed by atoms with Crippen molar-refractivity contribution < 1.29 is 15.0 Å². The lowest BCUT2D eigenvalue weighted by Crippen LogP contribution is -2.20. The first-order valence-electron chi connectivity index (χ1n) is 5.79. The van der Waals surface area contributed by atoms with E-state index in [1.807, 2.05) is 18.2 Å². The number of carboxylic acid groups (broad SMARTS) is 1. The van der Waals surface area contributed by atoms with E-state index in [-0.39, 0.29) is 5.75 Å². The van der Waals surface area contributed by atoms with Gasteiger partial charge in [-0.05, 0) is 24.6 Å². The predicted octanol–water partition coefficient (Wildman–Crippen LogP) is 2.47. The zero-order chi connectivity index (χ0) is 14.3. The largest absolute Gasteiger partial charge is 0.508 e. The summed E-state index contributed by atoms with van der Waals surface area (Å²) in [5, 5.41) is 17.4. The summed E-state index contributed by atoms with van der Waals surface area (Å²) in [5.41, 5.74) is 7.10. The van der Waals surface area contributed by atoms with Gasteiger partial charge in [0.15, 0.2) is 0 Å². The van der Waals surface area contributed by atoms with Crippen LogP contribution < -0.4 is 5.73 Å². The van der Waals surface area contributed by atoms with Crippen LogP contribution in [0.5, 0.6) is 5.75 Å². The third kappa shape index (κ3) is 5.23. The molecule has 0 fully saturated rings. The fourth-order valence-corrected chi connectivity index (χ4v) is 1.36. The lowest BCUT2D eigenvalue weighted by atomic mass is 10.1. The second-order valence-corrected chi connectivity index (χ2v) is 4.06. The Morgan fingerprint density at radius 2 is 1.58 bits per heavy atom. The van der Waals surface area contributed by atoms with Crippen LogP contribution in [0.25, 0.3) is 0 Å². The summed E-state index contributed by atoms with van der Waals surface area (Å²) in [6, 6.07) is 15.0. The first kappa shape index (κ1) is 14.7. The highest BCUT2D eigenvalue weighted by molar-refractivity contribution is 5.75. The molecule has 19 heavy (non-hydrogen) atoms.